The molecule has 0 bridgehead atoms. The topological polar surface area (TPSA) is 110 Å². The summed E-state index contributed by atoms with van der Waals surface area (Å²) in [5.74, 6) is 0.636. The summed E-state index contributed by atoms with van der Waals surface area (Å²) in [5, 5.41) is 13.3. The van der Waals surface area contributed by atoms with Crippen molar-refractivity contribution in [1.29, 1.82) is 0 Å². The molecule has 0 spiro atoms. The van der Waals surface area contributed by atoms with Gasteiger partial charge in [-0.25, -0.2) is 14.8 Å². The minimum atomic E-state index is -1.18. The van der Waals surface area contributed by atoms with Gasteiger partial charge in [-0.05, 0) is 55.9 Å². The second kappa shape index (κ2) is 7.91. The third-order valence-electron chi connectivity index (χ3n) is 6.44. The van der Waals surface area contributed by atoms with E-state index >= 15 is 0 Å². The average molecular weight is 470 g/mol. The van der Waals surface area contributed by atoms with E-state index in [1.54, 1.807) is 12.1 Å². The molecule has 2 N–H and O–H groups in total. The second-order valence-corrected chi connectivity index (χ2v) is 9.19. The number of anilines is 2. The molecule has 1 aliphatic heterocycles. The van der Waals surface area contributed by atoms with Gasteiger partial charge >= 0.3 is 5.97 Å². The number of halogens is 1. The van der Waals surface area contributed by atoms with Crippen LogP contribution in [0.1, 0.15) is 41.0 Å². The van der Waals surface area contributed by atoms with Gasteiger partial charge in [0.1, 0.15) is 12.3 Å². The molecule has 33 heavy (non-hydrogen) atoms. The minimum Gasteiger partial charge on any atom is -0.476 e. The first-order chi connectivity index (χ1) is 15.8. The first kappa shape index (κ1) is 21.5. The van der Waals surface area contributed by atoms with Crippen LogP contribution in [0.25, 0.3) is 10.9 Å². The smallest absolute Gasteiger partial charge is 0.356 e. The van der Waals surface area contributed by atoms with Crippen molar-refractivity contribution in [2.75, 3.05) is 30.4 Å². The molecule has 1 saturated heterocycles. The van der Waals surface area contributed by atoms with Crippen LogP contribution in [0.2, 0.25) is 5.15 Å². The van der Waals surface area contributed by atoms with Gasteiger partial charge in [0.2, 0.25) is 5.95 Å². The number of carbonyl (C=O) groups is 1. The normalized spacial score (nSPS) is 19.9. The first-order valence-electron chi connectivity index (χ1n) is 10.8. The van der Waals surface area contributed by atoms with E-state index in [0.29, 0.717) is 34.4 Å². The molecular weight excluding hydrogens is 446 g/mol. The number of carboxylic acids is 1. The predicted molar refractivity (Wildman–Crippen MR) is 125 cm³/mol. The lowest BCUT2D eigenvalue weighted by atomic mass is 10.0. The van der Waals surface area contributed by atoms with E-state index in [1.165, 1.54) is 24.3 Å². The summed E-state index contributed by atoms with van der Waals surface area (Å²) >= 11 is 5.89. The largest absolute Gasteiger partial charge is 0.476 e. The molecule has 2 aromatic heterocycles. The monoisotopic (exact) mass is 469 g/mol. The van der Waals surface area contributed by atoms with Crippen LogP contribution >= 0.6 is 11.6 Å². The van der Waals surface area contributed by atoms with Gasteiger partial charge in [0.25, 0.3) is 5.56 Å². The molecule has 1 aromatic carbocycles. The van der Waals surface area contributed by atoms with E-state index in [0.717, 1.165) is 24.2 Å². The van der Waals surface area contributed by atoms with Crippen molar-refractivity contribution in [3.05, 3.63) is 56.6 Å². The van der Waals surface area contributed by atoms with Crippen molar-refractivity contribution >= 4 is 40.1 Å². The molecule has 3 aromatic rings. The zero-order valence-corrected chi connectivity index (χ0v) is 19.3. The highest BCUT2D eigenvalue weighted by atomic mass is 35.5. The van der Waals surface area contributed by atoms with Gasteiger partial charge in [0.05, 0.1) is 22.6 Å². The highest BCUT2D eigenvalue weighted by Gasteiger charge is 2.46. The molecule has 0 radical (unpaired) electrons. The summed E-state index contributed by atoms with van der Waals surface area (Å²) in [7, 11) is 1.47. The number of benzene rings is 1. The van der Waals surface area contributed by atoms with Crippen molar-refractivity contribution in [2.45, 2.75) is 26.3 Å². The first-order valence-corrected chi connectivity index (χ1v) is 11.2. The van der Waals surface area contributed by atoms with Crippen molar-refractivity contribution in [1.82, 2.24) is 14.7 Å². The van der Waals surface area contributed by atoms with E-state index in [2.05, 4.69) is 15.2 Å². The van der Waals surface area contributed by atoms with Crippen LogP contribution in [0, 0.1) is 18.8 Å². The number of hydrogen-bond acceptors (Lipinski definition) is 7. The van der Waals surface area contributed by atoms with Gasteiger partial charge in [0.15, 0.2) is 5.69 Å². The molecular formula is C23H24ClN5O4. The van der Waals surface area contributed by atoms with Gasteiger partial charge in [0, 0.05) is 18.7 Å². The number of carboxylic acid groups (broad SMARTS) is 1. The van der Waals surface area contributed by atoms with Crippen molar-refractivity contribution in [2.24, 2.45) is 11.8 Å². The fourth-order valence-corrected chi connectivity index (χ4v) is 4.87. The molecule has 9 nitrogen and oxygen atoms in total. The molecule has 2 aliphatic rings. The summed E-state index contributed by atoms with van der Waals surface area (Å²) in [6.45, 7) is 5.52. The van der Waals surface area contributed by atoms with Crippen molar-refractivity contribution in [3.63, 3.8) is 0 Å². The molecule has 1 saturated carbocycles. The van der Waals surface area contributed by atoms with Gasteiger partial charge in [-0.15, -0.1) is 4.73 Å². The Morgan fingerprint density at radius 3 is 2.67 bits per heavy atom. The van der Waals surface area contributed by atoms with Crippen molar-refractivity contribution < 1.29 is 14.7 Å². The zero-order chi connectivity index (χ0) is 23.4. The Balaban J connectivity index is 1.61. The summed E-state index contributed by atoms with van der Waals surface area (Å²) in [6, 6.07) is 6.51. The van der Waals surface area contributed by atoms with E-state index in [1.807, 2.05) is 19.9 Å². The lowest BCUT2D eigenvalue weighted by Gasteiger charge is -2.24. The summed E-state index contributed by atoms with van der Waals surface area (Å²) < 4.78 is 1.26. The Bertz CT molecular complexity index is 1330. The highest BCUT2D eigenvalue weighted by Crippen LogP contribution is 2.46. The molecule has 2 unspecified atom stereocenters. The number of aryl methyl sites for hydroxylation is 1. The van der Waals surface area contributed by atoms with E-state index < -0.39 is 5.97 Å². The number of rotatable bonds is 6. The number of pyridine rings is 1. The SMILES string of the molecule is COn1c(N2CC3CC3C2)nc2c([C@@H](C)Nc3ccc(Cl)nc3C(=O)O)cc(C)cc2c1=O. The summed E-state index contributed by atoms with van der Waals surface area (Å²) in [5.41, 5.74) is 2.12. The number of nitrogens with zero attached hydrogens (tertiary/aromatic N) is 4. The Kier molecular flexibility index (Phi) is 5.16. The van der Waals surface area contributed by atoms with Crippen LogP contribution in [-0.2, 0) is 0 Å². The van der Waals surface area contributed by atoms with Gasteiger partial charge in [-0.3, -0.25) is 4.79 Å². The Morgan fingerprint density at radius 1 is 1.27 bits per heavy atom. The highest BCUT2D eigenvalue weighted by molar-refractivity contribution is 6.29. The van der Waals surface area contributed by atoms with Gasteiger partial charge < -0.3 is 20.2 Å². The van der Waals surface area contributed by atoms with Gasteiger partial charge in [-0.1, -0.05) is 17.7 Å². The van der Waals surface area contributed by atoms with E-state index in [-0.39, 0.29) is 22.4 Å². The average Bonchev–Trinajstić information content (AvgIpc) is 3.39. The molecule has 10 heteroatoms. The maximum atomic E-state index is 13.3. The van der Waals surface area contributed by atoms with Gasteiger partial charge in [-0.2, -0.15) is 0 Å². The number of nitrogens with one attached hydrogen (secondary N) is 1. The molecule has 1 aliphatic carbocycles. The quantitative estimate of drug-likeness (QED) is 0.530. The standard InChI is InChI=1S/C23H24ClN5O4/c1-11-6-15(12(2)25-17-4-5-18(24)26-20(17)22(31)32)19-16(7-11)21(30)29(33-3)23(27-19)28-9-13-8-14(13)10-28/h4-7,12-14,25H,8-10H2,1-3H3,(H,31,32)/t12-,13?,14?/m1/s1. The number of aromatic nitrogens is 3. The molecule has 0 amide bonds. The fraction of sp³-hybridized carbons (Fsp3) is 0.391. The number of piperidine rings is 1. The summed E-state index contributed by atoms with van der Waals surface area (Å²) in [6.07, 6.45) is 1.23. The lowest BCUT2D eigenvalue weighted by molar-refractivity contribution is 0.0691. The number of hydrogen-bond donors (Lipinski definition) is 2. The lowest BCUT2D eigenvalue weighted by Crippen LogP contribution is -2.35. The maximum absolute atomic E-state index is 13.3. The van der Waals surface area contributed by atoms with Crippen LogP contribution in [0.4, 0.5) is 11.6 Å². The van der Waals surface area contributed by atoms with Crippen LogP contribution in [-0.4, -0.2) is 46.0 Å². The van der Waals surface area contributed by atoms with Crippen molar-refractivity contribution in [3.8, 4) is 0 Å². The molecule has 2 fully saturated rings. The van der Waals surface area contributed by atoms with E-state index in [4.69, 9.17) is 21.4 Å². The van der Waals surface area contributed by atoms with Crippen LogP contribution in [0.15, 0.2) is 29.1 Å². The van der Waals surface area contributed by atoms with Crippen LogP contribution < -0.4 is 20.6 Å². The Hall–Kier alpha value is -3.33. The third kappa shape index (κ3) is 3.76. The Morgan fingerprint density at radius 2 is 2.00 bits per heavy atom. The summed E-state index contributed by atoms with van der Waals surface area (Å²) in [4.78, 5) is 41.4. The zero-order valence-electron chi connectivity index (χ0n) is 18.5. The van der Waals surface area contributed by atoms with Crippen LogP contribution in [0.5, 0.6) is 0 Å². The molecule has 3 heterocycles. The van der Waals surface area contributed by atoms with Crippen LogP contribution in [0.3, 0.4) is 0 Å². The number of fused-ring (bicyclic) bond motifs is 2. The molecule has 5 rings (SSSR count). The molecule has 3 atom stereocenters. The minimum absolute atomic E-state index is 0.0988. The van der Waals surface area contributed by atoms with E-state index in [9.17, 15) is 14.7 Å². The number of aromatic carboxylic acids is 1. The molecule has 172 valence electrons. The fourth-order valence-electron chi connectivity index (χ4n) is 4.72. The third-order valence-corrected chi connectivity index (χ3v) is 6.65. The second-order valence-electron chi connectivity index (χ2n) is 8.81. The Labute approximate surface area is 194 Å². The maximum Gasteiger partial charge on any atom is 0.356 e. The predicted octanol–water partition coefficient (Wildman–Crippen LogP) is 3.14.